The van der Waals surface area contributed by atoms with Gasteiger partial charge in [-0.1, -0.05) is 24.9 Å². The Balaban J connectivity index is 2.32. The summed E-state index contributed by atoms with van der Waals surface area (Å²) in [5, 5.41) is 9.55. The van der Waals surface area contributed by atoms with Gasteiger partial charge in [0.2, 0.25) is 0 Å². The molecule has 5 heteroatoms. The standard InChI is InChI=1S/C14H17ClO4/c1-2-3-9(6-14(16)17)10-7-12-13(8-11(10)15)19-5-4-18-12/h7-9H,2-6H2,1H3,(H,16,17). The first-order valence-corrected chi connectivity index (χ1v) is 6.80. The van der Waals surface area contributed by atoms with Gasteiger partial charge in [0, 0.05) is 11.1 Å². The first kappa shape index (κ1) is 14.0. The summed E-state index contributed by atoms with van der Waals surface area (Å²) in [6.45, 7) is 3.04. The number of aliphatic carboxylic acids is 1. The molecule has 0 saturated carbocycles. The third-order valence-electron chi connectivity index (χ3n) is 3.16. The molecule has 1 heterocycles. The number of halogens is 1. The lowest BCUT2D eigenvalue weighted by Crippen LogP contribution is -2.16. The molecule has 2 rings (SSSR count). The van der Waals surface area contributed by atoms with E-state index in [1.807, 2.05) is 13.0 Å². The Kier molecular flexibility index (Phi) is 4.53. The summed E-state index contributed by atoms with van der Waals surface area (Å²) in [5.41, 5.74) is 0.829. The van der Waals surface area contributed by atoms with E-state index in [9.17, 15) is 4.79 Å². The summed E-state index contributed by atoms with van der Waals surface area (Å²) in [4.78, 5) is 11.0. The van der Waals surface area contributed by atoms with Crippen molar-refractivity contribution < 1.29 is 19.4 Å². The Hall–Kier alpha value is -1.42. The van der Waals surface area contributed by atoms with Gasteiger partial charge in [-0.15, -0.1) is 0 Å². The minimum Gasteiger partial charge on any atom is -0.486 e. The first-order chi connectivity index (χ1) is 9.11. The average molecular weight is 285 g/mol. The molecule has 4 nitrogen and oxygen atoms in total. The van der Waals surface area contributed by atoms with Crippen molar-refractivity contribution in [3.05, 3.63) is 22.7 Å². The monoisotopic (exact) mass is 284 g/mol. The number of carbonyl (C=O) groups is 1. The van der Waals surface area contributed by atoms with Crippen LogP contribution in [0.15, 0.2) is 12.1 Å². The summed E-state index contributed by atoms with van der Waals surface area (Å²) in [7, 11) is 0. The predicted octanol–water partition coefficient (Wildman–Crippen LogP) is 3.47. The number of fused-ring (bicyclic) bond motifs is 1. The SMILES string of the molecule is CCCC(CC(=O)O)c1cc2c(cc1Cl)OCCO2. The molecule has 1 N–H and O–H groups in total. The predicted molar refractivity (Wildman–Crippen MR) is 72.3 cm³/mol. The molecular weight excluding hydrogens is 268 g/mol. The van der Waals surface area contributed by atoms with Crippen LogP contribution in [0.4, 0.5) is 0 Å². The maximum atomic E-state index is 11.0. The van der Waals surface area contributed by atoms with Crippen molar-refractivity contribution in [2.45, 2.75) is 32.1 Å². The molecule has 1 aromatic carbocycles. The summed E-state index contributed by atoms with van der Waals surface area (Å²) in [6.07, 6.45) is 1.77. The van der Waals surface area contributed by atoms with Crippen molar-refractivity contribution in [1.29, 1.82) is 0 Å². The van der Waals surface area contributed by atoms with E-state index in [0.717, 1.165) is 18.4 Å². The Morgan fingerprint density at radius 2 is 2.00 bits per heavy atom. The van der Waals surface area contributed by atoms with Crippen LogP contribution in [0, 0.1) is 0 Å². The zero-order valence-corrected chi connectivity index (χ0v) is 11.6. The highest BCUT2D eigenvalue weighted by atomic mass is 35.5. The molecule has 19 heavy (non-hydrogen) atoms. The van der Waals surface area contributed by atoms with E-state index in [2.05, 4.69) is 0 Å². The van der Waals surface area contributed by atoms with Crippen LogP contribution in [0.1, 0.15) is 37.7 Å². The minimum absolute atomic E-state index is 0.0766. The van der Waals surface area contributed by atoms with Gasteiger partial charge in [0.1, 0.15) is 13.2 Å². The molecule has 0 saturated heterocycles. The van der Waals surface area contributed by atoms with Gasteiger partial charge >= 0.3 is 5.97 Å². The fourth-order valence-electron chi connectivity index (χ4n) is 2.32. The summed E-state index contributed by atoms with van der Waals surface area (Å²) in [5.74, 6) is 0.373. The fraction of sp³-hybridized carbons (Fsp3) is 0.500. The van der Waals surface area contributed by atoms with Gasteiger partial charge in [0.05, 0.1) is 6.42 Å². The average Bonchev–Trinajstić information content (AvgIpc) is 2.37. The number of carboxylic acids is 1. The summed E-state index contributed by atoms with van der Waals surface area (Å²) >= 11 is 6.25. The van der Waals surface area contributed by atoms with Crippen molar-refractivity contribution in [3.63, 3.8) is 0 Å². The molecule has 0 radical (unpaired) electrons. The molecule has 0 aromatic heterocycles. The molecule has 104 valence electrons. The molecule has 1 aromatic rings. The molecule has 0 fully saturated rings. The van der Waals surface area contributed by atoms with Crippen LogP contribution >= 0.6 is 11.6 Å². The molecule has 0 spiro atoms. The zero-order valence-electron chi connectivity index (χ0n) is 10.8. The number of carboxylic acid groups (broad SMARTS) is 1. The van der Waals surface area contributed by atoms with Crippen molar-refractivity contribution in [1.82, 2.24) is 0 Å². The lowest BCUT2D eigenvalue weighted by Gasteiger charge is -2.22. The quantitative estimate of drug-likeness (QED) is 0.899. The molecule has 0 bridgehead atoms. The van der Waals surface area contributed by atoms with E-state index in [1.165, 1.54) is 0 Å². The molecule has 0 amide bonds. The lowest BCUT2D eigenvalue weighted by molar-refractivity contribution is -0.137. The Morgan fingerprint density at radius 1 is 1.37 bits per heavy atom. The van der Waals surface area contributed by atoms with Crippen molar-refractivity contribution >= 4 is 17.6 Å². The highest BCUT2D eigenvalue weighted by Crippen LogP contribution is 2.40. The van der Waals surface area contributed by atoms with E-state index in [4.69, 9.17) is 26.2 Å². The van der Waals surface area contributed by atoms with Gasteiger partial charge in [0.15, 0.2) is 11.5 Å². The Labute approximate surface area is 117 Å². The van der Waals surface area contributed by atoms with Crippen LogP contribution in [0.2, 0.25) is 5.02 Å². The second-order valence-electron chi connectivity index (χ2n) is 4.60. The Morgan fingerprint density at radius 3 is 2.58 bits per heavy atom. The van der Waals surface area contributed by atoms with Crippen molar-refractivity contribution in [3.8, 4) is 11.5 Å². The molecular formula is C14H17ClO4. The van der Waals surface area contributed by atoms with Gasteiger partial charge in [-0.05, 0) is 24.0 Å². The summed E-state index contributed by atoms with van der Waals surface area (Å²) in [6, 6.07) is 3.54. The first-order valence-electron chi connectivity index (χ1n) is 6.42. The molecule has 1 aliphatic rings. The molecule has 1 unspecified atom stereocenters. The highest BCUT2D eigenvalue weighted by Gasteiger charge is 2.22. The number of ether oxygens (including phenoxy) is 2. The van der Waals surface area contributed by atoms with Gasteiger partial charge in [-0.3, -0.25) is 4.79 Å². The number of rotatable bonds is 5. The van der Waals surface area contributed by atoms with E-state index in [-0.39, 0.29) is 12.3 Å². The summed E-state index contributed by atoms with van der Waals surface area (Å²) < 4.78 is 11.0. The zero-order chi connectivity index (χ0) is 13.8. The smallest absolute Gasteiger partial charge is 0.303 e. The van der Waals surface area contributed by atoms with Crippen molar-refractivity contribution in [2.24, 2.45) is 0 Å². The normalized spacial score (nSPS) is 15.1. The van der Waals surface area contributed by atoms with E-state index < -0.39 is 5.97 Å². The van der Waals surface area contributed by atoms with E-state index in [1.54, 1.807) is 6.07 Å². The van der Waals surface area contributed by atoms with Crippen LogP contribution in [0.3, 0.4) is 0 Å². The van der Waals surface area contributed by atoms with E-state index in [0.29, 0.717) is 29.7 Å². The van der Waals surface area contributed by atoms with Gasteiger partial charge in [-0.2, -0.15) is 0 Å². The third-order valence-corrected chi connectivity index (χ3v) is 3.49. The molecule has 1 aliphatic heterocycles. The van der Waals surface area contributed by atoms with Crippen LogP contribution in [-0.2, 0) is 4.79 Å². The Bertz CT molecular complexity index is 473. The lowest BCUT2D eigenvalue weighted by atomic mass is 9.91. The van der Waals surface area contributed by atoms with Gasteiger partial charge in [0.25, 0.3) is 0 Å². The van der Waals surface area contributed by atoms with Crippen LogP contribution in [0.25, 0.3) is 0 Å². The fourth-order valence-corrected chi connectivity index (χ4v) is 2.63. The second-order valence-corrected chi connectivity index (χ2v) is 5.01. The number of hydrogen-bond donors (Lipinski definition) is 1. The molecule has 1 atom stereocenters. The van der Waals surface area contributed by atoms with E-state index >= 15 is 0 Å². The molecule has 0 aliphatic carbocycles. The van der Waals surface area contributed by atoms with Gasteiger partial charge < -0.3 is 14.6 Å². The topological polar surface area (TPSA) is 55.8 Å². The van der Waals surface area contributed by atoms with Crippen LogP contribution < -0.4 is 9.47 Å². The maximum absolute atomic E-state index is 11.0. The maximum Gasteiger partial charge on any atom is 0.303 e. The highest BCUT2D eigenvalue weighted by molar-refractivity contribution is 6.31. The number of hydrogen-bond acceptors (Lipinski definition) is 3. The second kappa shape index (κ2) is 6.15. The van der Waals surface area contributed by atoms with Crippen LogP contribution in [-0.4, -0.2) is 24.3 Å². The van der Waals surface area contributed by atoms with Crippen molar-refractivity contribution in [2.75, 3.05) is 13.2 Å². The largest absolute Gasteiger partial charge is 0.486 e. The van der Waals surface area contributed by atoms with Crippen LogP contribution in [0.5, 0.6) is 11.5 Å². The third kappa shape index (κ3) is 3.32. The number of benzene rings is 1. The minimum atomic E-state index is -0.815. The van der Waals surface area contributed by atoms with Gasteiger partial charge in [-0.25, -0.2) is 0 Å².